The fourth-order valence-corrected chi connectivity index (χ4v) is 3.41. The van der Waals surface area contributed by atoms with Gasteiger partial charge in [-0.2, -0.15) is 0 Å². The quantitative estimate of drug-likeness (QED) is 0.658. The zero-order valence-electron chi connectivity index (χ0n) is 10.2. The molecule has 4 nitrogen and oxygen atoms in total. The number of hydrogen-bond donors (Lipinski definition) is 2. The van der Waals surface area contributed by atoms with E-state index in [1.807, 2.05) is 0 Å². The lowest BCUT2D eigenvalue weighted by Crippen LogP contribution is -2.33. The Morgan fingerprint density at radius 3 is 2.30 bits per heavy atom. The summed E-state index contributed by atoms with van der Waals surface area (Å²) in [6.45, 7) is 0.650. The molecule has 0 saturated carbocycles. The van der Waals surface area contributed by atoms with Gasteiger partial charge in [-0.15, -0.1) is 0 Å². The Balaban J connectivity index is 2.24. The molecule has 1 atom stereocenters. The summed E-state index contributed by atoms with van der Waals surface area (Å²) in [4.78, 5) is 0. The molecule has 112 valence electrons. The molecular formula is C11H12F4N2O2S. The summed E-state index contributed by atoms with van der Waals surface area (Å²) in [6, 6.07) is -0.335. The van der Waals surface area contributed by atoms with E-state index in [1.165, 1.54) is 0 Å². The van der Waals surface area contributed by atoms with Crippen LogP contribution in [0.1, 0.15) is 12.8 Å². The molecule has 20 heavy (non-hydrogen) atoms. The highest BCUT2D eigenvalue weighted by Gasteiger charge is 2.26. The van der Waals surface area contributed by atoms with Gasteiger partial charge < -0.3 is 5.32 Å². The number of sulfonamides is 1. The Labute approximate surface area is 113 Å². The minimum Gasteiger partial charge on any atom is -0.313 e. The minimum absolute atomic E-state index is 0.0149. The van der Waals surface area contributed by atoms with Crippen LogP contribution in [-0.4, -0.2) is 26.8 Å². The van der Waals surface area contributed by atoms with Crippen LogP contribution < -0.4 is 10.0 Å². The third-order valence-corrected chi connectivity index (χ3v) is 4.31. The number of hydrogen-bond acceptors (Lipinski definition) is 3. The Hall–Kier alpha value is -1.35. The van der Waals surface area contributed by atoms with E-state index in [4.69, 9.17) is 0 Å². The van der Waals surface area contributed by atoms with E-state index >= 15 is 0 Å². The molecule has 1 aliphatic rings. The molecule has 0 aliphatic carbocycles. The highest BCUT2D eigenvalue weighted by Crippen LogP contribution is 2.25. The maximum absolute atomic E-state index is 13.4. The second-order valence-electron chi connectivity index (χ2n) is 4.52. The lowest BCUT2D eigenvalue weighted by Gasteiger charge is -2.14. The molecule has 0 spiro atoms. The van der Waals surface area contributed by atoms with Crippen molar-refractivity contribution in [2.75, 3.05) is 17.0 Å². The van der Waals surface area contributed by atoms with E-state index in [0.29, 0.717) is 13.0 Å². The van der Waals surface area contributed by atoms with Crippen LogP contribution in [0.15, 0.2) is 6.07 Å². The van der Waals surface area contributed by atoms with E-state index < -0.39 is 44.7 Å². The molecule has 0 radical (unpaired) electrons. The summed E-state index contributed by atoms with van der Waals surface area (Å²) in [5.74, 6) is -7.30. The van der Waals surface area contributed by atoms with Crippen molar-refractivity contribution >= 4 is 15.7 Å². The molecule has 1 saturated heterocycles. The zero-order chi connectivity index (χ0) is 14.9. The van der Waals surface area contributed by atoms with Gasteiger partial charge in [-0.25, -0.2) is 26.0 Å². The van der Waals surface area contributed by atoms with Crippen molar-refractivity contribution < 1.29 is 26.0 Å². The van der Waals surface area contributed by atoms with Gasteiger partial charge in [0.15, 0.2) is 23.3 Å². The van der Waals surface area contributed by atoms with Crippen LogP contribution in [0.4, 0.5) is 23.2 Å². The van der Waals surface area contributed by atoms with Crippen LogP contribution in [-0.2, 0) is 10.0 Å². The Morgan fingerprint density at radius 1 is 1.20 bits per heavy atom. The second kappa shape index (κ2) is 5.57. The van der Waals surface area contributed by atoms with Crippen molar-refractivity contribution in [2.24, 2.45) is 0 Å². The van der Waals surface area contributed by atoms with Gasteiger partial charge in [0, 0.05) is 12.1 Å². The largest absolute Gasteiger partial charge is 0.313 e. The molecule has 1 aromatic carbocycles. The normalized spacial score (nSPS) is 19.3. The fourth-order valence-electron chi connectivity index (χ4n) is 2.02. The average Bonchev–Trinajstić information content (AvgIpc) is 2.84. The van der Waals surface area contributed by atoms with E-state index in [-0.39, 0.29) is 12.1 Å². The first-order valence-electron chi connectivity index (χ1n) is 5.87. The summed E-state index contributed by atoms with van der Waals surface area (Å²) >= 11 is 0. The molecule has 1 fully saturated rings. The van der Waals surface area contributed by atoms with Crippen molar-refractivity contribution in [3.05, 3.63) is 29.3 Å². The molecule has 1 heterocycles. The Bertz CT molecular complexity index is 589. The maximum atomic E-state index is 13.4. The predicted molar refractivity (Wildman–Crippen MR) is 64.7 cm³/mol. The second-order valence-corrected chi connectivity index (χ2v) is 6.29. The summed E-state index contributed by atoms with van der Waals surface area (Å²) in [5.41, 5.74) is -1.33. The first kappa shape index (κ1) is 15.0. The van der Waals surface area contributed by atoms with Gasteiger partial charge in [0.25, 0.3) is 0 Å². The molecule has 2 N–H and O–H groups in total. The number of rotatable bonds is 4. The van der Waals surface area contributed by atoms with Gasteiger partial charge in [0.2, 0.25) is 10.0 Å². The molecule has 0 aromatic heterocycles. The van der Waals surface area contributed by atoms with Crippen molar-refractivity contribution in [1.29, 1.82) is 0 Å². The number of halogens is 4. The monoisotopic (exact) mass is 312 g/mol. The van der Waals surface area contributed by atoms with Gasteiger partial charge in [-0.3, -0.25) is 4.72 Å². The summed E-state index contributed by atoms with van der Waals surface area (Å²) in [5, 5.41) is 2.90. The van der Waals surface area contributed by atoms with Crippen molar-refractivity contribution in [2.45, 2.75) is 18.9 Å². The van der Waals surface area contributed by atoms with E-state index in [2.05, 4.69) is 5.32 Å². The van der Waals surface area contributed by atoms with Crippen molar-refractivity contribution in [3.63, 3.8) is 0 Å². The Kier molecular flexibility index (Phi) is 4.19. The highest BCUT2D eigenvalue weighted by atomic mass is 32.2. The van der Waals surface area contributed by atoms with Gasteiger partial charge in [0.1, 0.15) is 5.69 Å². The van der Waals surface area contributed by atoms with Crippen LogP contribution in [0.5, 0.6) is 0 Å². The number of anilines is 1. The SMILES string of the molecule is O=S(=O)(CC1CCCN1)Nc1c(F)c(F)cc(F)c1F. The lowest BCUT2D eigenvalue weighted by molar-refractivity contribution is 0.459. The van der Waals surface area contributed by atoms with Crippen LogP contribution in [0.3, 0.4) is 0 Å². The van der Waals surface area contributed by atoms with E-state index in [1.54, 1.807) is 4.72 Å². The van der Waals surface area contributed by atoms with Crippen LogP contribution in [0, 0.1) is 23.3 Å². The first-order valence-corrected chi connectivity index (χ1v) is 7.52. The third-order valence-electron chi connectivity index (χ3n) is 2.95. The zero-order valence-corrected chi connectivity index (χ0v) is 11.0. The summed E-state index contributed by atoms with van der Waals surface area (Å²) in [7, 11) is -4.12. The molecule has 2 rings (SSSR count). The van der Waals surface area contributed by atoms with Crippen LogP contribution in [0.2, 0.25) is 0 Å². The smallest absolute Gasteiger partial charge is 0.234 e. The van der Waals surface area contributed by atoms with Crippen LogP contribution >= 0.6 is 0 Å². The molecule has 1 aliphatic heterocycles. The predicted octanol–water partition coefficient (Wildman–Crippen LogP) is 1.74. The maximum Gasteiger partial charge on any atom is 0.234 e. The molecule has 0 bridgehead atoms. The lowest BCUT2D eigenvalue weighted by atomic mass is 10.3. The molecule has 9 heteroatoms. The van der Waals surface area contributed by atoms with Crippen molar-refractivity contribution in [1.82, 2.24) is 5.32 Å². The molecule has 1 unspecified atom stereocenters. The number of nitrogens with one attached hydrogen (secondary N) is 2. The molecule has 0 amide bonds. The van der Waals surface area contributed by atoms with E-state index in [9.17, 15) is 26.0 Å². The summed E-state index contributed by atoms with van der Waals surface area (Å²) in [6.07, 6.45) is 1.39. The standard InChI is InChI=1S/C11H12F4N2O2S/c12-7-4-8(13)10(15)11(9(7)14)17-20(18,19)5-6-2-1-3-16-6/h4,6,16-17H,1-3,5H2. The van der Waals surface area contributed by atoms with Crippen molar-refractivity contribution in [3.8, 4) is 0 Å². The van der Waals surface area contributed by atoms with Crippen LogP contribution in [0.25, 0.3) is 0 Å². The minimum atomic E-state index is -4.12. The average molecular weight is 312 g/mol. The van der Waals surface area contributed by atoms with Gasteiger partial charge >= 0.3 is 0 Å². The fraction of sp³-hybridized carbons (Fsp3) is 0.455. The number of benzene rings is 1. The van der Waals surface area contributed by atoms with Gasteiger partial charge in [-0.05, 0) is 19.4 Å². The van der Waals surface area contributed by atoms with Gasteiger partial charge in [-0.1, -0.05) is 0 Å². The first-order chi connectivity index (χ1) is 9.30. The summed E-state index contributed by atoms with van der Waals surface area (Å²) < 4.78 is 77.7. The molecular weight excluding hydrogens is 300 g/mol. The van der Waals surface area contributed by atoms with Gasteiger partial charge in [0.05, 0.1) is 5.75 Å². The third kappa shape index (κ3) is 3.21. The topological polar surface area (TPSA) is 58.2 Å². The molecule has 1 aromatic rings. The van der Waals surface area contributed by atoms with E-state index in [0.717, 1.165) is 6.42 Å². The Morgan fingerprint density at radius 2 is 1.80 bits per heavy atom. The highest BCUT2D eigenvalue weighted by molar-refractivity contribution is 7.92.